The van der Waals surface area contributed by atoms with E-state index in [-0.39, 0.29) is 0 Å². The van der Waals surface area contributed by atoms with E-state index in [1.165, 1.54) is 16.7 Å². The fourth-order valence-corrected chi connectivity index (χ4v) is 3.06. The molecule has 2 aromatic rings. The van der Waals surface area contributed by atoms with Crippen LogP contribution in [0.4, 0.5) is 0 Å². The molecule has 0 aliphatic carbocycles. The Balaban J connectivity index is 2.32. The Hall–Kier alpha value is -0.980. The zero-order valence-electron chi connectivity index (χ0n) is 9.64. The Morgan fingerprint density at radius 1 is 1.29 bits per heavy atom. The predicted octanol–water partition coefficient (Wildman–Crippen LogP) is 2.71. The Morgan fingerprint density at radius 2 is 2.06 bits per heavy atom. The molecule has 6 heteroatoms. The second kappa shape index (κ2) is 5.57. The molecule has 0 aliphatic heterocycles. The van der Waals surface area contributed by atoms with Crippen LogP contribution >= 0.6 is 23.5 Å². The fraction of sp³-hybridized carbons (Fsp3) is 0.273. The molecule has 2 rings (SSSR count). The molecular formula is C11H13N3OS2. The van der Waals surface area contributed by atoms with E-state index in [1.54, 1.807) is 18.7 Å². The molecule has 0 fully saturated rings. The van der Waals surface area contributed by atoms with E-state index in [2.05, 4.69) is 16.3 Å². The Bertz CT molecular complexity index is 513. The molecule has 0 bridgehead atoms. The molecule has 0 unspecified atom stereocenters. The van der Waals surface area contributed by atoms with E-state index in [0.29, 0.717) is 17.7 Å². The number of thioether (sulfide) groups is 1. The third-order valence-electron chi connectivity index (χ3n) is 2.22. The summed E-state index contributed by atoms with van der Waals surface area (Å²) >= 11 is 3.15. The van der Waals surface area contributed by atoms with Crippen LogP contribution in [-0.4, -0.2) is 16.5 Å². The number of aryl methyl sites for hydroxylation is 1. The van der Waals surface area contributed by atoms with Crippen molar-refractivity contribution in [3.05, 3.63) is 29.7 Å². The van der Waals surface area contributed by atoms with Gasteiger partial charge >= 0.3 is 0 Å². The fourth-order valence-electron chi connectivity index (χ4n) is 1.45. The van der Waals surface area contributed by atoms with Gasteiger partial charge in [-0.15, -0.1) is 22.0 Å². The van der Waals surface area contributed by atoms with Gasteiger partial charge in [-0.25, -0.2) is 0 Å². The summed E-state index contributed by atoms with van der Waals surface area (Å²) in [5.41, 5.74) is 6.92. The van der Waals surface area contributed by atoms with E-state index in [9.17, 15) is 0 Å². The van der Waals surface area contributed by atoms with Gasteiger partial charge in [0.25, 0.3) is 5.22 Å². The van der Waals surface area contributed by atoms with Crippen molar-refractivity contribution in [2.75, 3.05) is 6.26 Å². The summed E-state index contributed by atoms with van der Waals surface area (Å²) in [7, 11) is 0. The number of nitrogens with two attached hydrogens (primary N) is 1. The number of nitrogens with zero attached hydrogens (tertiary/aromatic N) is 2. The van der Waals surface area contributed by atoms with Crippen LogP contribution in [0.3, 0.4) is 0 Å². The topological polar surface area (TPSA) is 64.9 Å². The van der Waals surface area contributed by atoms with Crippen LogP contribution in [0.15, 0.2) is 37.6 Å². The van der Waals surface area contributed by atoms with Gasteiger partial charge in [0.05, 0.1) is 0 Å². The minimum absolute atomic E-state index is 0.506. The van der Waals surface area contributed by atoms with Gasteiger partial charge < -0.3 is 10.2 Å². The SMILES string of the molecule is CSc1cccc(Sc2nnc(C)o2)c1CN. The lowest BCUT2D eigenvalue weighted by atomic mass is 10.2. The molecule has 4 nitrogen and oxygen atoms in total. The summed E-state index contributed by atoms with van der Waals surface area (Å²) in [5, 5.41) is 8.33. The summed E-state index contributed by atoms with van der Waals surface area (Å²) in [6.07, 6.45) is 2.04. The van der Waals surface area contributed by atoms with Crippen LogP contribution in [-0.2, 0) is 6.54 Å². The van der Waals surface area contributed by atoms with Crippen molar-refractivity contribution in [1.82, 2.24) is 10.2 Å². The summed E-state index contributed by atoms with van der Waals surface area (Å²) < 4.78 is 5.35. The maximum absolute atomic E-state index is 5.79. The van der Waals surface area contributed by atoms with Gasteiger partial charge in [-0.05, 0) is 35.7 Å². The lowest BCUT2D eigenvalue weighted by Crippen LogP contribution is -2.00. The lowest BCUT2D eigenvalue weighted by molar-refractivity contribution is 0.429. The standard InChI is InChI=1S/C11H13N3OS2/c1-7-13-14-11(15-7)17-10-5-3-4-9(16-2)8(10)6-12/h3-5H,6,12H2,1-2H3. The Labute approximate surface area is 108 Å². The first-order valence-electron chi connectivity index (χ1n) is 5.08. The summed E-state index contributed by atoms with van der Waals surface area (Å²) in [6, 6.07) is 6.10. The molecular weight excluding hydrogens is 254 g/mol. The van der Waals surface area contributed by atoms with Crippen LogP contribution in [0.25, 0.3) is 0 Å². The molecule has 0 amide bonds. The average molecular weight is 267 g/mol. The van der Waals surface area contributed by atoms with E-state index in [1.807, 2.05) is 18.4 Å². The van der Waals surface area contributed by atoms with Crippen LogP contribution in [0, 0.1) is 6.92 Å². The third-order valence-corrected chi connectivity index (χ3v) is 3.98. The predicted molar refractivity (Wildman–Crippen MR) is 69.3 cm³/mol. The van der Waals surface area contributed by atoms with Crippen molar-refractivity contribution < 1.29 is 4.42 Å². The lowest BCUT2D eigenvalue weighted by Gasteiger charge is -2.09. The van der Waals surface area contributed by atoms with Gasteiger partial charge in [0, 0.05) is 23.3 Å². The molecule has 0 radical (unpaired) electrons. The minimum Gasteiger partial charge on any atom is -0.416 e. The molecule has 1 aromatic heterocycles. The molecule has 1 heterocycles. The molecule has 1 aromatic carbocycles. The monoisotopic (exact) mass is 267 g/mol. The number of aromatic nitrogens is 2. The highest BCUT2D eigenvalue weighted by Crippen LogP contribution is 2.33. The third kappa shape index (κ3) is 2.83. The first-order valence-corrected chi connectivity index (χ1v) is 7.12. The highest BCUT2D eigenvalue weighted by Gasteiger charge is 2.11. The maximum atomic E-state index is 5.79. The zero-order chi connectivity index (χ0) is 12.3. The zero-order valence-corrected chi connectivity index (χ0v) is 11.3. The Kier molecular flexibility index (Phi) is 4.09. The molecule has 90 valence electrons. The van der Waals surface area contributed by atoms with Crippen LogP contribution in [0.2, 0.25) is 0 Å². The van der Waals surface area contributed by atoms with E-state index >= 15 is 0 Å². The van der Waals surface area contributed by atoms with Gasteiger partial charge in [-0.3, -0.25) is 0 Å². The van der Waals surface area contributed by atoms with Gasteiger partial charge in [0.15, 0.2) is 0 Å². The normalized spacial score (nSPS) is 10.8. The highest BCUT2D eigenvalue weighted by atomic mass is 32.2. The number of benzene rings is 1. The largest absolute Gasteiger partial charge is 0.416 e. The van der Waals surface area contributed by atoms with Crippen molar-refractivity contribution in [2.24, 2.45) is 5.73 Å². The van der Waals surface area contributed by atoms with Gasteiger partial charge in [-0.2, -0.15) is 0 Å². The minimum atomic E-state index is 0.506. The first kappa shape index (κ1) is 12.5. The number of rotatable bonds is 4. The van der Waals surface area contributed by atoms with Gasteiger partial charge in [-0.1, -0.05) is 6.07 Å². The Morgan fingerprint density at radius 3 is 2.65 bits per heavy atom. The quantitative estimate of drug-likeness (QED) is 0.859. The molecule has 2 N–H and O–H groups in total. The van der Waals surface area contributed by atoms with E-state index in [4.69, 9.17) is 10.2 Å². The van der Waals surface area contributed by atoms with Crippen LogP contribution in [0.5, 0.6) is 0 Å². The van der Waals surface area contributed by atoms with E-state index in [0.717, 1.165) is 10.5 Å². The smallest absolute Gasteiger partial charge is 0.281 e. The summed E-state index contributed by atoms with van der Waals surface area (Å²) in [4.78, 5) is 2.26. The van der Waals surface area contributed by atoms with Crippen molar-refractivity contribution in [3.63, 3.8) is 0 Å². The first-order chi connectivity index (χ1) is 8.24. The van der Waals surface area contributed by atoms with Gasteiger partial charge in [0.1, 0.15) is 0 Å². The maximum Gasteiger partial charge on any atom is 0.281 e. The number of hydrogen-bond acceptors (Lipinski definition) is 6. The molecule has 0 saturated carbocycles. The molecule has 0 spiro atoms. The van der Waals surface area contributed by atoms with Crippen LogP contribution in [0.1, 0.15) is 11.5 Å². The molecule has 0 saturated heterocycles. The molecule has 0 aliphatic rings. The second-order valence-electron chi connectivity index (χ2n) is 3.33. The summed E-state index contributed by atoms with van der Waals surface area (Å²) in [5.74, 6) is 0.572. The second-order valence-corrected chi connectivity index (χ2v) is 5.17. The van der Waals surface area contributed by atoms with Gasteiger partial charge in [0.2, 0.25) is 5.89 Å². The average Bonchev–Trinajstić information content (AvgIpc) is 2.74. The summed E-state index contributed by atoms with van der Waals surface area (Å²) in [6.45, 7) is 2.28. The van der Waals surface area contributed by atoms with Crippen molar-refractivity contribution in [3.8, 4) is 0 Å². The van der Waals surface area contributed by atoms with Crippen molar-refractivity contribution in [2.45, 2.75) is 28.5 Å². The number of hydrogen-bond donors (Lipinski definition) is 1. The van der Waals surface area contributed by atoms with E-state index < -0.39 is 0 Å². The van der Waals surface area contributed by atoms with Crippen molar-refractivity contribution >= 4 is 23.5 Å². The highest BCUT2D eigenvalue weighted by molar-refractivity contribution is 7.99. The van der Waals surface area contributed by atoms with Crippen LogP contribution < -0.4 is 5.73 Å². The molecule has 0 atom stereocenters. The molecule has 17 heavy (non-hydrogen) atoms. The van der Waals surface area contributed by atoms with Crippen molar-refractivity contribution in [1.29, 1.82) is 0 Å².